The van der Waals surface area contributed by atoms with E-state index in [0.717, 1.165) is 11.3 Å². The van der Waals surface area contributed by atoms with E-state index < -0.39 is 0 Å². The average molecular weight is 487 g/mol. The van der Waals surface area contributed by atoms with Crippen LogP contribution < -0.4 is 19.9 Å². The van der Waals surface area contributed by atoms with Crippen LogP contribution in [0.2, 0.25) is 10.0 Å². The molecule has 3 heterocycles. The Bertz CT molecular complexity index is 1270. The lowest BCUT2D eigenvalue weighted by Gasteiger charge is -2.36. The Morgan fingerprint density at radius 2 is 1.76 bits per heavy atom. The summed E-state index contributed by atoms with van der Waals surface area (Å²) in [6.07, 6.45) is 0. The molecule has 2 aromatic carbocycles. The van der Waals surface area contributed by atoms with Gasteiger partial charge >= 0.3 is 0 Å². The van der Waals surface area contributed by atoms with Crippen LogP contribution in [-0.4, -0.2) is 53.6 Å². The molecule has 8 nitrogen and oxygen atoms in total. The number of anilines is 1. The van der Waals surface area contributed by atoms with Crippen LogP contribution in [0.5, 0.6) is 11.5 Å². The number of nitrogens with zero attached hydrogens (tertiary/aromatic N) is 4. The van der Waals surface area contributed by atoms with Crippen molar-refractivity contribution < 1.29 is 14.3 Å². The molecule has 10 heteroatoms. The third-order valence-electron chi connectivity index (χ3n) is 5.72. The van der Waals surface area contributed by atoms with Gasteiger partial charge in [0.25, 0.3) is 5.56 Å². The Labute approximate surface area is 199 Å². The monoisotopic (exact) mass is 486 g/mol. The maximum absolute atomic E-state index is 12.9. The first-order chi connectivity index (χ1) is 16.0. The van der Waals surface area contributed by atoms with Crippen molar-refractivity contribution >= 4 is 34.8 Å². The molecule has 1 aromatic heterocycles. The van der Waals surface area contributed by atoms with Gasteiger partial charge in [0, 0.05) is 37.8 Å². The van der Waals surface area contributed by atoms with Gasteiger partial charge in [-0.25, -0.2) is 4.68 Å². The summed E-state index contributed by atoms with van der Waals surface area (Å²) < 4.78 is 11.9. The zero-order chi connectivity index (χ0) is 22.9. The number of hydrogen-bond acceptors (Lipinski definition) is 6. The zero-order valence-corrected chi connectivity index (χ0v) is 19.1. The minimum Gasteiger partial charge on any atom is -0.454 e. The van der Waals surface area contributed by atoms with Gasteiger partial charge in [0.1, 0.15) is 6.54 Å². The van der Waals surface area contributed by atoms with E-state index in [-0.39, 0.29) is 24.8 Å². The summed E-state index contributed by atoms with van der Waals surface area (Å²) in [7, 11) is 0. The van der Waals surface area contributed by atoms with Gasteiger partial charge in [-0.1, -0.05) is 29.3 Å². The quantitative estimate of drug-likeness (QED) is 0.562. The van der Waals surface area contributed by atoms with Gasteiger partial charge in [0.2, 0.25) is 12.7 Å². The molecule has 0 spiro atoms. The van der Waals surface area contributed by atoms with E-state index in [1.54, 1.807) is 23.1 Å². The van der Waals surface area contributed by atoms with Crippen molar-refractivity contribution in [3.63, 3.8) is 0 Å². The molecule has 33 heavy (non-hydrogen) atoms. The van der Waals surface area contributed by atoms with Crippen LogP contribution in [0.4, 0.5) is 5.69 Å². The minimum atomic E-state index is -0.336. The zero-order valence-electron chi connectivity index (χ0n) is 17.5. The predicted molar refractivity (Wildman–Crippen MR) is 125 cm³/mol. The molecule has 2 aliphatic rings. The Kier molecular flexibility index (Phi) is 5.86. The first-order valence-corrected chi connectivity index (χ1v) is 11.2. The Balaban J connectivity index is 1.27. The normalized spacial score (nSPS) is 15.1. The second kappa shape index (κ2) is 8.96. The van der Waals surface area contributed by atoms with Crippen molar-refractivity contribution in [1.82, 2.24) is 14.7 Å². The summed E-state index contributed by atoms with van der Waals surface area (Å²) >= 11 is 12.5. The molecule has 2 aliphatic heterocycles. The number of carbonyl (C=O) groups excluding carboxylic acids is 1. The molecule has 5 rings (SSSR count). The molecule has 0 radical (unpaired) electrons. The predicted octanol–water partition coefficient (Wildman–Crippen LogP) is 3.29. The van der Waals surface area contributed by atoms with Gasteiger partial charge in [0.05, 0.1) is 21.4 Å². The highest BCUT2D eigenvalue weighted by atomic mass is 35.5. The molecule has 170 valence electrons. The summed E-state index contributed by atoms with van der Waals surface area (Å²) in [5, 5.41) is 5.41. The smallest absolute Gasteiger partial charge is 0.267 e. The standard InChI is InChI=1S/C23H20Cl2N4O4/c24-16-2-1-3-18(23(16)25)27-8-10-28(11-9-27)22(31)13-29-21(30)7-5-17(26-29)15-4-6-19-20(12-15)33-14-32-19/h1-7,12H,8-11,13-14H2. The molecule has 0 saturated carbocycles. The first kappa shape index (κ1) is 21.6. The fourth-order valence-corrected chi connectivity index (χ4v) is 4.35. The maximum atomic E-state index is 12.9. The molecule has 3 aromatic rings. The molecule has 0 atom stereocenters. The number of halogens is 2. The summed E-state index contributed by atoms with van der Waals surface area (Å²) in [6.45, 7) is 2.30. The second-order valence-corrected chi connectivity index (χ2v) is 8.51. The number of amides is 1. The third-order valence-corrected chi connectivity index (χ3v) is 6.53. The largest absolute Gasteiger partial charge is 0.454 e. The lowest BCUT2D eigenvalue weighted by atomic mass is 10.1. The van der Waals surface area contributed by atoms with Crippen LogP contribution in [0.1, 0.15) is 0 Å². The molecule has 1 amide bonds. The average Bonchev–Trinajstić information content (AvgIpc) is 3.30. The van der Waals surface area contributed by atoms with Crippen LogP contribution in [0, 0.1) is 0 Å². The van der Waals surface area contributed by atoms with Crippen molar-refractivity contribution in [3.8, 4) is 22.8 Å². The van der Waals surface area contributed by atoms with Crippen molar-refractivity contribution in [2.75, 3.05) is 37.9 Å². The number of hydrogen-bond donors (Lipinski definition) is 0. The van der Waals surface area contributed by atoms with Crippen LogP contribution in [0.3, 0.4) is 0 Å². The summed E-state index contributed by atoms with van der Waals surface area (Å²) in [4.78, 5) is 29.1. The van der Waals surface area contributed by atoms with E-state index in [4.69, 9.17) is 32.7 Å². The molecule has 0 aliphatic carbocycles. The summed E-state index contributed by atoms with van der Waals surface area (Å²) in [6, 6.07) is 14.0. The highest BCUT2D eigenvalue weighted by Crippen LogP contribution is 2.35. The number of piperazine rings is 1. The second-order valence-electron chi connectivity index (χ2n) is 7.72. The first-order valence-electron chi connectivity index (χ1n) is 10.4. The Morgan fingerprint density at radius 3 is 2.58 bits per heavy atom. The van der Waals surface area contributed by atoms with Crippen LogP contribution >= 0.6 is 23.2 Å². The van der Waals surface area contributed by atoms with Gasteiger partial charge in [-0.15, -0.1) is 0 Å². The lowest BCUT2D eigenvalue weighted by Crippen LogP contribution is -2.50. The van der Waals surface area contributed by atoms with E-state index in [0.29, 0.717) is 53.4 Å². The lowest BCUT2D eigenvalue weighted by molar-refractivity contribution is -0.132. The number of fused-ring (bicyclic) bond motifs is 1. The molecular formula is C23H20Cl2N4O4. The van der Waals surface area contributed by atoms with E-state index in [1.165, 1.54) is 10.7 Å². The fraction of sp³-hybridized carbons (Fsp3) is 0.261. The third kappa shape index (κ3) is 4.36. The van der Waals surface area contributed by atoms with E-state index >= 15 is 0 Å². The highest BCUT2D eigenvalue weighted by Gasteiger charge is 2.24. The SMILES string of the molecule is O=C(Cn1nc(-c2ccc3c(c2)OCO3)ccc1=O)N1CCN(c2cccc(Cl)c2Cl)CC1. The fourth-order valence-electron chi connectivity index (χ4n) is 3.93. The summed E-state index contributed by atoms with van der Waals surface area (Å²) in [5.74, 6) is 1.13. The molecular weight excluding hydrogens is 467 g/mol. The van der Waals surface area contributed by atoms with Crippen molar-refractivity contribution in [3.05, 3.63) is 68.9 Å². The Hall–Kier alpha value is -3.23. The maximum Gasteiger partial charge on any atom is 0.267 e. The van der Waals surface area contributed by atoms with Gasteiger partial charge in [-0.05, 0) is 36.4 Å². The molecule has 0 bridgehead atoms. The van der Waals surface area contributed by atoms with Gasteiger partial charge in [-0.3, -0.25) is 9.59 Å². The molecule has 0 N–H and O–H groups in total. The number of rotatable bonds is 4. The van der Waals surface area contributed by atoms with E-state index in [9.17, 15) is 9.59 Å². The molecule has 0 unspecified atom stereocenters. The van der Waals surface area contributed by atoms with E-state index in [1.807, 2.05) is 24.3 Å². The van der Waals surface area contributed by atoms with E-state index in [2.05, 4.69) is 10.00 Å². The van der Waals surface area contributed by atoms with Crippen molar-refractivity contribution in [2.45, 2.75) is 6.54 Å². The van der Waals surface area contributed by atoms with Crippen molar-refractivity contribution in [2.24, 2.45) is 0 Å². The number of aromatic nitrogens is 2. The Morgan fingerprint density at radius 1 is 0.970 bits per heavy atom. The van der Waals surface area contributed by atoms with Crippen molar-refractivity contribution in [1.29, 1.82) is 0 Å². The molecule has 1 fully saturated rings. The highest BCUT2D eigenvalue weighted by molar-refractivity contribution is 6.43. The van der Waals surface area contributed by atoms with Crippen LogP contribution in [0.25, 0.3) is 11.3 Å². The topological polar surface area (TPSA) is 76.9 Å². The van der Waals surface area contributed by atoms with Gasteiger partial charge in [-0.2, -0.15) is 5.10 Å². The number of carbonyl (C=O) groups is 1. The number of benzene rings is 2. The molecule has 1 saturated heterocycles. The summed E-state index contributed by atoms with van der Waals surface area (Å²) in [5.41, 5.74) is 1.86. The van der Waals surface area contributed by atoms with Gasteiger partial charge < -0.3 is 19.3 Å². The van der Waals surface area contributed by atoms with Crippen LogP contribution in [0.15, 0.2) is 53.3 Å². The number of ether oxygens (including phenoxy) is 2. The minimum absolute atomic E-state index is 0.130. The van der Waals surface area contributed by atoms with Gasteiger partial charge in [0.15, 0.2) is 11.5 Å². The van der Waals surface area contributed by atoms with Crippen LogP contribution in [-0.2, 0) is 11.3 Å².